The Balaban J connectivity index is 1.89. The van der Waals surface area contributed by atoms with Crippen molar-refractivity contribution in [3.05, 3.63) is 58.6 Å². The lowest BCUT2D eigenvalue weighted by molar-refractivity contribution is -0.119. The zero-order valence-corrected chi connectivity index (χ0v) is 17.3. The largest absolute Gasteiger partial charge is 0.271 e. The van der Waals surface area contributed by atoms with Gasteiger partial charge in [-0.2, -0.15) is 5.10 Å². The Labute approximate surface area is 174 Å². The van der Waals surface area contributed by atoms with Crippen LogP contribution in [0.4, 0.5) is 5.69 Å². The molecule has 0 saturated heterocycles. The number of anilines is 1. The maximum atomic E-state index is 13.2. The average molecular weight is 440 g/mol. The van der Waals surface area contributed by atoms with Crippen molar-refractivity contribution in [1.82, 2.24) is 5.43 Å². The van der Waals surface area contributed by atoms with Crippen molar-refractivity contribution in [2.75, 3.05) is 10.8 Å². The number of rotatable bonds is 6. The number of hydrogen-bond donors (Lipinski definition) is 1. The van der Waals surface area contributed by atoms with E-state index in [2.05, 4.69) is 10.5 Å². The van der Waals surface area contributed by atoms with E-state index in [0.29, 0.717) is 10.0 Å². The van der Waals surface area contributed by atoms with Gasteiger partial charge in [-0.15, -0.1) is 0 Å². The molecule has 0 spiro atoms. The molecular weight excluding hydrogens is 421 g/mol. The smallest absolute Gasteiger partial charge is 0.264 e. The lowest BCUT2D eigenvalue weighted by Crippen LogP contribution is -2.39. The molecule has 3 rings (SSSR count). The zero-order valence-electron chi connectivity index (χ0n) is 14.9. The van der Waals surface area contributed by atoms with Gasteiger partial charge >= 0.3 is 0 Å². The predicted molar refractivity (Wildman–Crippen MR) is 111 cm³/mol. The zero-order chi connectivity index (χ0) is 20.1. The number of nitrogens with one attached hydrogen (secondary N) is 1. The lowest BCUT2D eigenvalue weighted by Gasteiger charge is -2.24. The van der Waals surface area contributed by atoms with Crippen LogP contribution in [0.1, 0.15) is 25.7 Å². The quantitative estimate of drug-likeness (QED) is 0.683. The van der Waals surface area contributed by atoms with Crippen molar-refractivity contribution < 1.29 is 13.2 Å². The van der Waals surface area contributed by atoms with Crippen molar-refractivity contribution >= 4 is 50.5 Å². The lowest BCUT2D eigenvalue weighted by atomic mass is 10.3. The molecule has 0 heterocycles. The third-order valence-electron chi connectivity index (χ3n) is 4.30. The Kier molecular flexibility index (Phi) is 6.59. The molecule has 0 aromatic heterocycles. The number of amides is 1. The van der Waals surface area contributed by atoms with E-state index < -0.39 is 22.5 Å². The first kappa shape index (κ1) is 20.6. The van der Waals surface area contributed by atoms with E-state index in [0.717, 1.165) is 35.7 Å². The van der Waals surface area contributed by atoms with Gasteiger partial charge in [0.15, 0.2) is 0 Å². The highest BCUT2D eigenvalue weighted by molar-refractivity contribution is 7.92. The Morgan fingerprint density at radius 2 is 1.71 bits per heavy atom. The van der Waals surface area contributed by atoms with Crippen LogP contribution in [-0.2, 0) is 14.8 Å². The highest BCUT2D eigenvalue weighted by atomic mass is 35.5. The van der Waals surface area contributed by atoms with Gasteiger partial charge in [0.1, 0.15) is 6.54 Å². The van der Waals surface area contributed by atoms with E-state index in [9.17, 15) is 13.2 Å². The molecule has 0 aliphatic heterocycles. The third-order valence-corrected chi connectivity index (χ3v) is 6.58. The maximum Gasteiger partial charge on any atom is 0.264 e. The van der Waals surface area contributed by atoms with Crippen molar-refractivity contribution in [1.29, 1.82) is 0 Å². The number of carbonyl (C=O) groups excluding carboxylic acids is 1. The number of benzene rings is 2. The van der Waals surface area contributed by atoms with Crippen molar-refractivity contribution in [2.45, 2.75) is 30.6 Å². The molecule has 1 aliphatic rings. The Morgan fingerprint density at radius 3 is 2.36 bits per heavy atom. The number of halogens is 2. The van der Waals surface area contributed by atoms with E-state index in [-0.39, 0.29) is 10.6 Å². The second-order valence-electron chi connectivity index (χ2n) is 6.37. The number of hydrogen-bond acceptors (Lipinski definition) is 4. The summed E-state index contributed by atoms with van der Waals surface area (Å²) in [5.41, 5.74) is 3.66. The monoisotopic (exact) mass is 439 g/mol. The van der Waals surface area contributed by atoms with Gasteiger partial charge < -0.3 is 0 Å². The Bertz CT molecular complexity index is 984. The summed E-state index contributed by atoms with van der Waals surface area (Å²) in [6, 6.07) is 12.1. The fraction of sp³-hybridized carbons (Fsp3) is 0.263. The van der Waals surface area contributed by atoms with E-state index >= 15 is 0 Å². The predicted octanol–water partition coefficient (Wildman–Crippen LogP) is 4.23. The van der Waals surface area contributed by atoms with E-state index in [1.807, 2.05) is 0 Å². The van der Waals surface area contributed by atoms with Gasteiger partial charge in [-0.25, -0.2) is 13.8 Å². The van der Waals surface area contributed by atoms with Crippen LogP contribution < -0.4 is 9.73 Å². The summed E-state index contributed by atoms with van der Waals surface area (Å²) >= 11 is 11.9. The van der Waals surface area contributed by atoms with Gasteiger partial charge in [0.05, 0.1) is 10.6 Å². The molecule has 1 amide bonds. The first-order chi connectivity index (χ1) is 13.4. The fourth-order valence-electron chi connectivity index (χ4n) is 2.88. The summed E-state index contributed by atoms with van der Waals surface area (Å²) < 4.78 is 27.4. The van der Waals surface area contributed by atoms with Gasteiger partial charge in [-0.3, -0.25) is 9.10 Å². The van der Waals surface area contributed by atoms with Crippen molar-refractivity contribution in [3.63, 3.8) is 0 Å². The van der Waals surface area contributed by atoms with Gasteiger partial charge in [0.25, 0.3) is 15.9 Å². The molecule has 6 nitrogen and oxygen atoms in total. The minimum Gasteiger partial charge on any atom is -0.271 e. The Morgan fingerprint density at radius 1 is 1.04 bits per heavy atom. The van der Waals surface area contributed by atoms with Crippen LogP contribution >= 0.6 is 23.2 Å². The van der Waals surface area contributed by atoms with Crippen LogP contribution in [0.25, 0.3) is 0 Å². The van der Waals surface area contributed by atoms with Crippen LogP contribution in [-0.4, -0.2) is 26.6 Å². The number of carbonyl (C=O) groups is 1. The second kappa shape index (κ2) is 8.94. The number of nitrogens with zero attached hydrogens (tertiary/aromatic N) is 2. The van der Waals surface area contributed by atoms with E-state index in [1.165, 1.54) is 30.3 Å². The number of hydrazone groups is 1. The molecule has 2 aromatic rings. The van der Waals surface area contributed by atoms with Crippen LogP contribution in [0, 0.1) is 0 Å². The standard InChI is InChI=1S/C19H19Cl2N3O3S/c20-14-8-10-18(11-9-14)28(26,27)24(17-7-3-4-15(21)12-17)13-19(25)23-22-16-5-1-2-6-16/h3-4,7-12H,1-2,5-6,13H2,(H,23,25). The first-order valence-electron chi connectivity index (χ1n) is 8.74. The molecular formula is C19H19Cl2N3O3S. The van der Waals surface area contributed by atoms with Crippen LogP contribution in [0.2, 0.25) is 10.0 Å². The summed E-state index contributed by atoms with van der Waals surface area (Å²) in [5.74, 6) is -0.531. The van der Waals surface area contributed by atoms with Crippen LogP contribution in [0.5, 0.6) is 0 Å². The number of sulfonamides is 1. The van der Waals surface area contributed by atoms with Gasteiger partial charge in [0.2, 0.25) is 0 Å². The maximum absolute atomic E-state index is 13.2. The van der Waals surface area contributed by atoms with Crippen molar-refractivity contribution in [2.24, 2.45) is 5.10 Å². The highest BCUT2D eigenvalue weighted by Crippen LogP contribution is 2.26. The van der Waals surface area contributed by atoms with Crippen molar-refractivity contribution in [3.8, 4) is 0 Å². The van der Waals surface area contributed by atoms with E-state index in [4.69, 9.17) is 23.2 Å². The highest BCUT2D eigenvalue weighted by Gasteiger charge is 2.27. The molecule has 0 unspecified atom stereocenters. The summed E-state index contributed by atoms with van der Waals surface area (Å²) in [6.07, 6.45) is 3.80. The van der Waals surface area contributed by atoms with E-state index in [1.54, 1.807) is 18.2 Å². The minimum absolute atomic E-state index is 0.0202. The van der Waals surface area contributed by atoms with Gasteiger partial charge in [0, 0.05) is 15.8 Å². The molecule has 1 saturated carbocycles. The second-order valence-corrected chi connectivity index (χ2v) is 9.10. The SMILES string of the molecule is O=C(CN(c1cccc(Cl)c1)S(=O)(=O)c1ccc(Cl)cc1)NN=C1CCCC1. The molecule has 0 radical (unpaired) electrons. The van der Waals surface area contributed by atoms with Crippen LogP contribution in [0.3, 0.4) is 0 Å². The third kappa shape index (κ3) is 5.04. The molecule has 1 N–H and O–H groups in total. The Hall–Kier alpha value is -2.09. The molecule has 1 aliphatic carbocycles. The summed E-state index contributed by atoms with van der Waals surface area (Å²) in [4.78, 5) is 12.4. The molecule has 28 heavy (non-hydrogen) atoms. The first-order valence-corrected chi connectivity index (χ1v) is 10.9. The van der Waals surface area contributed by atoms with Gasteiger partial charge in [-0.1, -0.05) is 29.3 Å². The molecule has 1 fully saturated rings. The molecule has 148 valence electrons. The normalized spacial score (nSPS) is 14.0. The summed E-state index contributed by atoms with van der Waals surface area (Å²) in [7, 11) is -4.01. The minimum atomic E-state index is -4.01. The topological polar surface area (TPSA) is 78.8 Å². The summed E-state index contributed by atoms with van der Waals surface area (Å²) in [6.45, 7) is -0.428. The molecule has 0 bridgehead atoms. The molecule has 9 heteroatoms. The summed E-state index contributed by atoms with van der Waals surface area (Å²) in [5, 5.41) is 4.88. The molecule has 0 atom stereocenters. The van der Waals surface area contributed by atoms with Gasteiger partial charge in [-0.05, 0) is 68.1 Å². The molecule has 2 aromatic carbocycles. The fourth-order valence-corrected chi connectivity index (χ4v) is 4.61. The average Bonchev–Trinajstić information content (AvgIpc) is 3.18. The van der Waals surface area contributed by atoms with Crippen LogP contribution in [0.15, 0.2) is 58.5 Å².